The molecular formula is C13H25N. The summed E-state index contributed by atoms with van der Waals surface area (Å²) in [7, 11) is 0. The molecule has 0 spiro atoms. The van der Waals surface area contributed by atoms with Gasteiger partial charge in [0.1, 0.15) is 0 Å². The van der Waals surface area contributed by atoms with Gasteiger partial charge in [-0.05, 0) is 62.7 Å². The Morgan fingerprint density at radius 3 is 2.79 bits per heavy atom. The predicted octanol–water partition coefficient (Wildman–Crippen LogP) is 3.19. The summed E-state index contributed by atoms with van der Waals surface area (Å²) in [6.07, 6.45) is 8.69. The molecule has 82 valence electrons. The third-order valence-electron chi connectivity index (χ3n) is 4.70. The monoisotopic (exact) mass is 195 g/mol. The van der Waals surface area contributed by atoms with Crippen molar-refractivity contribution < 1.29 is 0 Å². The average molecular weight is 195 g/mol. The summed E-state index contributed by atoms with van der Waals surface area (Å²) in [6.45, 7) is 4.63. The van der Waals surface area contributed by atoms with Gasteiger partial charge in [0.25, 0.3) is 0 Å². The minimum atomic E-state index is 0.404. The van der Waals surface area contributed by atoms with Gasteiger partial charge in [0.2, 0.25) is 0 Å². The van der Waals surface area contributed by atoms with Crippen LogP contribution in [0.2, 0.25) is 0 Å². The van der Waals surface area contributed by atoms with Crippen LogP contribution in [0.15, 0.2) is 0 Å². The summed E-state index contributed by atoms with van der Waals surface area (Å²) in [5.41, 5.74) is 5.84. The van der Waals surface area contributed by atoms with Gasteiger partial charge in [-0.25, -0.2) is 0 Å². The number of rotatable bonds is 3. The Labute approximate surface area is 88.4 Å². The molecule has 0 aromatic heterocycles. The fraction of sp³-hybridized carbons (Fsp3) is 1.00. The van der Waals surface area contributed by atoms with Crippen LogP contribution >= 0.6 is 0 Å². The molecule has 0 aromatic carbocycles. The quantitative estimate of drug-likeness (QED) is 0.735. The second kappa shape index (κ2) is 4.22. The molecule has 2 rings (SSSR count). The minimum Gasteiger partial charge on any atom is -0.328 e. The molecule has 2 fully saturated rings. The molecule has 0 radical (unpaired) electrons. The molecule has 1 heteroatoms. The van der Waals surface area contributed by atoms with Gasteiger partial charge in [0.15, 0.2) is 0 Å². The second-order valence-corrected chi connectivity index (χ2v) is 5.85. The summed E-state index contributed by atoms with van der Waals surface area (Å²) >= 11 is 0. The van der Waals surface area contributed by atoms with Crippen molar-refractivity contribution in [2.75, 3.05) is 0 Å². The predicted molar refractivity (Wildman–Crippen MR) is 61.0 cm³/mol. The molecule has 0 amide bonds. The largest absolute Gasteiger partial charge is 0.328 e. The van der Waals surface area contributed by atoms with E-state index in [1.165, 1.54) is 38.5 Å². The average Bonchev–Trinajstić information content (AvgIpc) is 2.53. The van der Waals surface area contributed by atoms with Gasteiger partial charge < -0.3 is 5.73 Å². The van der Waals surface area contributed by atoms with E-state index in [1.807, 2.05) is 0 Å². The summed E-state index contributed by atoms with van der Waals surface area (Å²) in [5, 5.41) is 0. The van der Waals surface area contributed by atoms with Crippen LogP contribution in [0.3, 0.4) is 0 Å². The van der Waals surface area contributed by atoms with Gasteiger partial charge in [-0.15, -0.1) is 0 Å². The molecule has 5 atom stereocenters. The summed E-state index contributed by atoms with van der Waals surface area (Å²) < 4.78 is 0. The van der Waals surface area contributed by atoms with Crippen molar-refractivity contribution in [2.24, 2.45) is 29.4 Å². The first-order valence-electron chi connectivity index (χ1n) is 6.42. The third-order valence-corrected chi connectivity index (χ3v) is 4.70. The van der Waals surface area contributed by atoms with E-state index in [0.29, 0.717) is 6.04 Å². The molecule has 2 saturated carbocycles. The molecule has 2 N–H and O–H groups in total. The zero-order chi connectivity index (χ0) is 10.1. The second-order valence-electron chi connectivity index (χ2n) is 5.85. The van der Waals surface area contributed by atoms with Crippen molar-refractivity contribution in [3.8, 4) is 0 Å². The molecule has 14 heavy (non-hydrogen) atoms. The SMILES string of the molecule is CC(N)CCC1CC2CCC(C2)C1C. The number of hydrogen-bond donors (Lipinski definition) is 1. The summed E-state index contributed by atoms with van der Waals surface area (Å²) in [5.74, 6) is 4.11. The smallest absolute Gasteiger partial charge is 0.00105 e. The molecule has 0 aliphatic heterocycles. The van der Waals surface area contributed by atoms with Crippen molar-refractivity contribution in [2.45, 2.75) is 58.4 Å². The molecule has 2 aliphatic rings. The lowest BCUT2D eigenvalue weighted by atomic mass is 9.71. The Morgan fingerprint density at radius 2 is 2.07 bits per heavy atom. The van der Waals surface area contributed by atoms with Crippen LogP contribution in [0.1, 0.15) is 52.4 Å². The van der Waals surface area contributed by atoms with Crippen LogP contribution in [0, 0.1) is 23.7 Å². The minimum absolute atomic E-state index is 0.404. The van der Waals surface area contributed by atoms with Crippen LogP contribution in [-0.4, -0.2) is 6.04 Å². The molecule has 0 saturated heterocycles. The lowest BCUT2D eigenvalue weighted by Gasteiger charge is -2.34. The van der Waals surface area contributed by atoms with Crippen molar-refractivity contribution in [3.63, 3.8) is 0 Å². The Morgan fingerprint density at radius 1 is 1.29 bits per heavy atom. The molecular weight excluding hydrogens is 170 g/mol. The molecule has 0 aromatic rings. The lowest BCUT2D eigenvalue weighted by Crippen LogP contribution is -2.27. The van der Waals surface area contributed by atoms with Gasteiger partial charge >= 0.3 is 0 Å². The van der Waals surface area contributed by atoms with Gasteiger partial charge in [0, 0.05) is 6.04 Å². The Kier molecular flexibility index (Phi) is 3.16. The van der Waals surface area contributed by atoms with E-state index in [-0.39, 0.29) is 0 Å². The van der Waals surface area contributed by atoms with E-state index in [2.05, 4.69) is 13.8 Å². The highest BCUT2D eigenvalue weighted by atomic mass is 14.6. The van der Waals surface area contributed by atoms with E-state index < -0.39 is 0 Å². The zero-order valence-corrected chi connectivity index (χ0v) is 9.71. The maximum Gasteiger partial charge on any atom is 0.00105 e. The fourth-order valence-electron chi connectivity index (χ4n) is 3.69. The number of fused-ring (bicyclic) bond motifs is 2. The van der Waals surface area contributed by atoms with Gasteiger partial charge in [-0.3, -0.25) is 0 Å². The Bertz CT molecular complexity index is 188. The maximum atomic E-state index is 5.84. The van der Waals surface area contributed by atoms with Gasteiger partial charge in [-0.1, -0.05) is 13.3 Å². The van der Waals surface area contributed by atoms with Crippen molar-refractivity contribution >= 4 is 0 Å². The van der Waals surface area contributed by atoms with Crippen LogP contribution in [0.5, 0.6) is 0 Å². The fourth-order valence-corrected chi connectivity index (χ4v) is 3.69. The topological polar surface area (TPSA) is 26.0 Å². The van der Waals surface area contributed by atoms with E-state index in [1.54, 1.807) is 0 Å². The summed E-state index contributed by atoms with van der Waals surface area (Å²) in [6, 6.07) is 0.404. The van der Waals surface area contributed by atoms with E-state index in [0.717, 1.165) is 23.7 Å². The normalized spacial score (nSPS) is 43.9. The van der Waals surface area contributed by atoms with Crippen molar-refractivity contribution in [3.05, 3.63) is 0 Å². The Balaban J connectivity index is 1.86. The first-order valence-corrected chi connectivity index (χ1v) is 6.42. The lowest BCUT2D eigenvalue weighted by molar-refractivity contribution is 0.158. The standard InChI is InChI=1S/C13H25N/c1-9(14)3-5-12-7-11-4-6-13(8-11)10(12)2/h9-13H,3-8,14H2,1-2H3. The highest BCUT2D eigenvalue weighted by molar-refractivity contribution is 4.89. The molecule has 1 nitrogen and oxygen atoms in total. The van der Waals surface area contributed by atoms with E-state index >= 15 is 0 Å². The van der Waals surface area contributed by atoms with Crippen molar-refractivity contribution in [1.82, 2.24) is 0 Å². The van der Waals surface area contributed by atoms with Crippen LogP contribution < -0.4 is 5.73 Å². The van der Waals surface area contributed by atoms with Gasteiger partial charge in [-0.2, -0.15) is 0 Å². The number of hydrogen-bond acceptors (Lipinski definition) is 1. The third kappa shape index (κ3) is 2.13. The van der Waals surface area contributed by atoms with Gasteiger partial charge in [0.05, 0.1) is 0 Å². The van der Waals surface area contributed by atoms with Crippen LogP contribution in [0.4, 0.5) is 0 Å². The maximum absolute atomic E-state index is 5.84. The van der Waals surface area contributed by atoms with E-state index in [4.69, 9.17) is 5.73 Å². The first kappa shape index (κ1) is 10.5. The highest BCUT2D eigenvalue weighted by Gasteiger charge is 2.38. The van der Waals surface area contributed by atoms with Crippen molar-refractivity contribution in [1.29, 1.82) is 0 Å². The molecule has 2 aliphatic carbocycles. The number of nitrogens with two attached hydrogens (primary N) is 1. The van der Waals surface area contributed by atoms with Crippen LogP contribution in [-0.2, 0) is 0 Å². The molecule has 0 heterocycles. The summed E-state index contributed by atoms with van der Waals surface area (Å²) in [4.78, 5) is 0. The highest BCUT2D eigenvalue weighted by Crippen LogP contribution is 2.49. The zero-order valence-electron chi connectivity index (χ0n) is 9.71. The Hall–Kier alpha value is -0.0400. The molecule has 5 unspecified atom stereocenters. The first-order chi connectivity index (χ1) is 6.66. The molecule has 2 bridgehead atoms. The van der Waals surface area contributed by atoms with Crippen LogP contribution in [0.25, 0.3) is 0 Å². The van der Waals surface area contributed by atoms with E-state index in [9.17, 15) is 0 Å².